The molecule has 4 aliphatic carbocycles. The van der Waals surface area contributed by atoms with Gasteiger partial charge in [-0.2, -0.15) is 0 Å². The van der Waals surface area contributed by atoms with Crippen molar-refractivity contribution in [2.45, 2.75) is 32.6 Å². The molecule has 0 aromatic carbocycles. The van der Waals surface area contributed by atoms with E-state index in [-0.39, 0.29) is 0 Å². The molecule has 0 aromatic rings. The fourth-order valence-electron chi connectivity index (χ4n) is 5.61. The molecule has 5 bridgehead atoms. The van der Waals surface area contributed by atoms with Crippen LogP contribution in [0.2, 0.25) is 0 Å². The Morgan fingerprint density at radius 1 is 1.23 bits per heavy atom. The van der Waals surface area contributed by atoms with E-state index in [4.69, 9.17) is 0 Å². The van der Waals surface area contributed by atoms with Crippen molar-refractivity contribution in [3.63, 3.8) is 0 Å². The minimum Gasteiger partial charge on any atom is -0.0879 e. The molecule has 3 fully saturated rings. The normalized spacial score (nSPS) is 66.4. The standard InChI is InChI=1S/C13H18/c1-8-5-13-6-9-3-2-4-11(13)12(9)10(8)7-13/h2-3,8-12H,4-7H2,1H3. The average molecular weight is 174 g/mol. The Labute approximate surface area is 80.4 Å². The molecule has 0 aliphatic heterocycles. The summed E-state index contributed by atoms with van der Waals surface area (Å²) in [5.74, 6) is 5.41. The summed E-state index contributed by atoms with van der Waals surface area (Å²) in [5.41, 5.74) is 0.836. The minimum absolute atomic E-state index is 0.836. The number of hydrogen-bond donors (Lipinski definition) is 0. The molecule has 3 saturated carbocycles. The third-order valence-electron chi connectivity index (χ3n) is 5.76. The van der Waals surface area contributed by atoms with Gasteiger partial charge in [0.1, 0.15) is 0 Å². The zero-order valence-electron chi connectivity index (χ0n) is 8.37. The van der Waals surface area contributed by atoms with E-state index in [1.54, 1.807) is 19.3 Å². The number of fused-ring (bicyclic) bond motifs is 1. The van der Waals surface area contributed by atoms with Gasteiger partial charge in [0, 0.05) is 0 Å². The highest BCUT2D eigenvalue weighted by atomic mass is 14.7. The first-order valence-electron chi connectivity index (χ1n) is 5.97. The number of rotatable bonds is 0. The Balaban J connectivity index is 1.87. The maximum absolute atomic E-state index is 2.55. The van der Waals surface area contributed by atoms with Crippen LogP contribution in [0.25, 0.3) is 0 Å². The van der Waals surface area contributed by atoms with Gasteiger partial charge < -0.3 is 0 Å². The molecule has 0 N–H and O–H groups in total. The first-order valence-corrected chi connectivity index (χ1v) is 5.97. The van der Waals surface area contributed by atoms with Crippen molar-refractivity contribution >= 4 is 0 Å². The van der Waals surface area contributed by atoms with Crippen molar-refractivity contribution in [1.29, 1.82) is 0 Å². The second-order valence-corrected chi connectivity index (χ2v) is 6.13. The number of allylic oxidation sites excluding steroid dienone is 2. The highest BCUT2D eigenvalue weighted by molar-refractivity contribution is 5.22. The minimum atomic E-state index is 0.836. The fraction of sp³-hybridized carbons (Fsp3) is 0.846. The predicted octanol–water partition coefficient (Wildman–Crippen LogP) is 3.24. The van der Waals surface area contributed by atoms with Gasteiger partial charge in [0.2, 0.25) is 0 Å². The Bertz CT molecular complexity index is 286. The van der Waals surface area contributed by atoms with Crippen LogP contribution < -0.4 is 0 Å². The third-order valence-corrected chi connectivity index (χ3v) is 5.76. The fourth-order valence-corrected chi connectivity index (χ4v) is 5.61. The molecule has 0 nitrogen and oxygen atoms in total. The Morgan fingerprint density at radius 3 is 3.08 bits per heavy atom. The van der Waals surface area contributed by atoms with Gasteiger partial charge in [0.15, 0.2) is 0 Å². The molecular formula is C13H18. The summed E-state index contributed by atoms with van der Waals surface area (Å²) in [6.07, 6.45) is 11.2. The maximum atomic E-state index is 2.55. The summed E-state index contributed by atoms with van der Waals surface area (Å²) in [6, 6.07) is 0. The molecule has 0 saturated heterocycles. The third kappa shape index (κ3) is 0.610. The quantitative estimate of drug-likeness (QED) is 0.494. The molecule has 0 heteroatoms. The van der Waals surface area contributed by atoms with Gasteiger partial charge in [-0.3, -0.25) is 0 Å². The summed E-state index contributed by atoms with van der Waals surface area (Å²) in [7, 11) is 0. The molecule has 70 valence electrons. The van der Waals surface area contributed by atoms with Crippen LogP contribution in [-0.4, -0.2) is 0 Å². The summed E-state index contributed by atoms with van der Waals surface area (Å²) in [6.45, 7) is 2.50. The van der Waals surface area contributed by atoms with Gasteiger partial charge in [-0.25, -0.2) is 0 Å². The average Bonchev–Trinajstić information content (AvgIpc) is 2.61. The molecule has 13 heavy (non-hydrogen) atoms. The SMILES string of the molecule is CC1CC23CC4C=CCC2C4C1C3. The van der Waals surface area contributed by atoms with E-state index in [0.717, 1.165) is 35.0 Å². The molecule has 4 aliphatic rings. The lowest BCUT2D eigenvalue weighted by Gasteiger charge is -2.35. The molecule has 0 heterocycles. The highest BCUT2D eigenvalue weighted by Gasteiger charge is 2.67. The molecule has 4 rings (SSSR count). The summed E-state index contributed by atoms with van der Waals surface area (Å²) < 4.78 is 0. The zero-order valence-corrected chi connectivity index (χ0v) is 8.37. The summed E-state index contributed by atoms with van der Waals surface area (Å²) in [4.78, 5) is 0. The molecule has 6 unspecified atom stereocenters. The van der Waals surface area contributed by atoms with Crippen molar-refractivity contribution < 1.29 is 0 Å². The van der Waals surface area contributed by atoms with Crippen molar-refractivity contribution in [2.24, 2.45) is 35.0 Å². The van der Waals surface area contributed by atoms with Gasteiger partial charge in [-0.1, -0.05) is 19.1 Å². The van der Waals surface area contributed by atoms with Gasteiger partial charge >= 0.3 is 0 Å². The van der Waals surface area contributed by atoms with Gasteiger partial charge in [-0.15, -0.1) is 0 Å². The van der Waals surface area contributed by atoms with Crippen LogP contribution in [-0.2, 0) is 0 Å². The Hall–Kier alpha value is -0.260. The molecule has 0 radical (unpaired) electrons. The van der Waals surface area contributed by atoms with Crippen LogP contribution in [0.15, 0.2) is 12.2 Å². The van der Waals surface area contributed by atoms with E-state index in [1.807, 2.05) is 0 Å². The van der Waals surface area contributed by atoms with E-state index in [2.05, 4.69) is 19.1 Å². The van der Waals surface area contributed by atoms with Crippen molar-refractivity contribution in [1.82, 2.24) is 0 Å². The zero-order chi connectivity index (χ0) is 8.63. The highest BCUT2D eigenvalue weighted by Crippen LogP contribution is 2.74. The molecule has 0 aromatic heterocycles. The van der Waals surface area contributed by atoms with Crippen LogP contribution in [0.1, 0.15) is 32.6 Å². The lowest BCUT2D eigenvalue weighted by molar-refractivity contribution is 0.158. The second-order valence-electron chi connectivity index (χ2n) is 6.13. The largest absolute Gasteiger partial charge is 0.0879 e. The van der Waals surface area contributed by atoms with Crippen LogP contribution in [0.5, 0.6) is 0 Å². The second kappa shape index (κ2) is 1.89. The van der Waals surface area contributed by atoms with E-state index < -0.39 is 0 Å². The van der Waals surface area contributed by atoms with Crippen molar-refractivity contribution in [3.05, 3.63) is 12.2 Å². The first-order chi connectivity index (χ1) is 6.30. The van der Waals surface area contributed by atoms with E-state index >= 15 is 0 Å². The lowest BCUT2D eigenvalue weighted by Crippen LogP contribution is -2.28. The topological polar surface area (TPSA) is 0 Å². The van der Waals surface area contributed by atoms with Crippen molar-refractivity contribution in [2.75, 3.05) is 0 Å². The van der Waals surface area contributed by atoms with Crippen LogP contribution in [0.4, 0.5) is 0 Å². The van der Waals surface area contributed by atoms with Gasteiger partial charge in [-0.05, 0) is 60.7 Å². The monoisotopic (exact) mass is 174 g/mol. The van der Waals surface area contributed by atoms with Crippen LogP contribution in [0, 0.1) is 35.0 Å². The van der Waals surface area contributed by atoms with E-state index in [0.29, 0.717) is 0 Å². The molecule has 6 atom stereocenters. The Kier molecular flexibility index (Phi) is 1.03. The van der Waals surface area contributed by atoms with Gasteiger partial charge in [0.05, 0.1) is 0 Å². The molecule has 0 amide bonds. The summed E-state index contributed by atoms with van der Waals surface area (Å²) >= 11 is 0. The predicted molar refractivity (Wildman–Crippen MR) is 53.2 cm³/mol. The van der Waals surface area contributed by atoms with Crippen LogP contribution >= 0.6 is 0 Å². The lowest BCUT2D eigenvalue weighted by atomic mass is 9.70. The smallest absolute Gasteiger partial charge is 0.0194 e. The Morgan fingerprint density at radius 2 is 2.15 bits per heavy atom. The number of hydrogen-bond acceptors (Lipinski definition) is 0. The molecule has 1 spiro atoms. The van der Waals surface area contributed by atoms with Gasteiger partial charge in [0.25, 0.3) is 0 Å². The maximum Gasteiger partial charge on any atom is -0.0194 e. The van der Waals surface area contributed by atoms with E-state index in [9.17, 15) is 0 Å². The van der Waals surface area contributed by atoms with Crippen molar-refractivity contribution in [3.8, 4) is 0 Å². The van der Waals surface area contributed by atoms with Crippen LogP contribution in [0.3, 0.4) is 0 Å². The first kappa shape index (κ1) is 7.09. The summed E-state index contributed by atoms with van der Waals surface area (Å²) in [5, 5.41) is 0. The molecular weight excluding hydrogens is 156 g/mol. The van der Waals surface area contributed by atoms with E-state index in [1.165, 1.54) is 6.42 Å².